The van der Waals surface area contributed by atoms with E-state index in [9.17, 15) is 0 Å². The molecule has 70 valence electrons. The van der Waals surface area contributed by atoms with Gasteiger partial charge in [-0.2, -0.15) is 0 Å². The van der Waals surface area contributed by atoms with Crippen molar-refractivity contribution in [3.63, 3.8) is 0 Å². The number of hydrogen-bond acceptors (Lipinski definition) is 3. The van der Waals surface area contributed by atoms with Gasteiger partial charge >= 0.3 is 0 Å². The Balaban J connectivity index is 2.18. The van der Waals surface area contributed by atoms with Crippen LogP contribution in [0, 0.1) is 0 Å². The van der Waals surface area contributed by atoms with E-state index in [1.165, 1.54) is 5.56 Å². The van der Waals surface area contributed by atoms with Crippen molar-refractivity contribution in [2.75, 3.05) is 13.7 Å². The Labute approximate surface area is 77.6 Å². The van der Waals surface area contributed by atoms with Crippen LogP contribution in [-0.4, -0.2) is 13.7 Å². The predicted octanol–water partition coefficient (Wildman–Crippen LogP) is 1.66. The Morgan fingerprint density at radius 3 is 3.15 bits per heavy atom. The van der Waals surface area contributed by atoms with Crippen molar-refractivity contribution in [1.82, 2.24) is 5.48 Å². The van der Waals surface area contributed by atoms with Crippen molar-refractivity contribution in [3.05, 3.63) is 29.8 Å². The molecule has 1 atom stereocenters. The molecule has 1 aliphatic heterocycles. The van der Waals surface area contributed by atoms with E-state index in [4.69, 9.17) is 9.57 Å². The number of benzene rings is 1. The van der Waals surface area contributed by atoms with E-state index in [0.717, 1.165) is 18.7 Å². The highest BCUT2D eigenvalue weighted by atomic mass is 16.7. The molecule has 3 nitrogen and oxygen atoms in total. The lowest BCUT2D eigenvalue weighted by Crippen LogP contribution is -2.04. The van der Waals surface area contributed by atoms with Gasteiger partial charge in [-0.1, -0.05) is 12.1 Å². The number of hydrogen-bond donors (Lipinski definition) is 1. The number of nitrogens with one attached hydrogen (secondary N) is 1. The van der Waals surface area contributed by atoms with Gasteiger partial charge in [0.1, 0.15) is 11.9 Å². The summed E-state index contributed by atoms with van der Waals surface area (Å²) in [5.41, 5.74) is 4.04. The molecule has 3 heteroatoms. The number of rotatable bonds is 2. The van der Waals surface area contributed by atoms with Crippen molar-refractivity contribution < 1.29 is 9.57 Å². The third kappa shape index (κ3) is 1.82. The topological polar surface area (TPSA) is 30.5 Å². The van der Waals surface area contributed by atoms with E-state index in [1.54, 1.807) is 7.11 Å². The molecule has 1 heterocycles. The number of hydroxylamine groups is 1. The van der Waals surface area contributed by atoms with Crippen LogP contribution in [0.2, 0.25) is 0 Å². The maximum atomic E-state index is 5.33. The monoisotopic (exact) mass is 179 g/mol. The van der Waals surface area contributed by atoms with Crippen molar-refractivity contribution in [2.45, 2.75) is 12.5 Å². The van der Waals surface area contributed by atoms with E-state index in [-0.39, 0.29) is 6.10 Å². The molecule has 0 spiro atoms. The molecule has 2 rings (SSSR count). The van der Waals surface area contributed by atoms with Gasteiger partial charge in [-0.25, -0.2) is 5.48 Å². The molecule has 0 bridgehead atoms. The van der Waals surface area contributed by atoms with E-state index in [0.29, 0.717) is 0 Å². The molecule has 0 aliphatic carbocycles. The normalized spacial score (nSPS) is 21.8. The van der Waals surface area contributed by atoms with Crippen molar-refractivity contribution in [3.8, 4) is 5.75 Å². The van der Waals surface area contributed by atoms with Gasteiger partial charge in [-0.05, 0) is 24.1 Å². The zero-order valence-corrected chi connectivity index (χ0v) is 7.62. The summed E-state index contributed by atoms with van der Waals surface area (Å²) < 4.78 is 5.14. The quantitative estimate of drug-likeness (QED) is 0.749. The molecule has 1 aliphatic rings. The van der Waals surface area contributed by atoms with Gasteiger partial charge in [0.2, 0.25) is 0 Å². The molecule has 13 heavy (non-hydrogen) atoms. The maximum Gasteiger partial charge on any atom is 0.119 e. The fraction of sp³-hybridized carbons (Fsp3) is 0.400. The standard InChI is InChI=1S/C10H13NO2/c1-12-9-4-2-3-8(7-9)10-5-6-11-13-10/h2-4,7,10-11H,5-6H2,1H3. The molecule has 1 saturated heterocycles. The first-order valence-corrected chi connectivity index (χ1v) is 4.42. The van der Waals surface area contributed by atoms with E-state index in [2.05, 4.69) is 11.5 Å². The van der Waals surface area contributed by atoms with Gasteiger partial charge in [-0.15, -0.1) is 0 Å². The van der Waals surface area contributed by atoms with Crippen molar-refractivity contribution in [2.24, 2.45) is 0 Å². The maximum absolute atomic E-state index is 5.33. The number of ether oxygens (including phenoxy) is 1. The molecule has 1 fully saturated rings. The highest BCUT2D eigenvalue weighted by molar-refractivity contribution is 5.30. The molecule has 0 aromatic heterocycles. The fourth-order valence-corrected chi connectivity index (χ4v) is 1.48. The van der Waals surface area contributed by atoms with Crippen LogP contribution in [0.1, 0.15) is 18.1 Å². The first kappa shape index (κ1) is 8.53. The molecule has 1 N–H and O–H groups in total. The highest BCUT2D eigenvalue weighted by Gasteiger charge is 2.17. The Bertz CT molecular complexity index is 282. The third-order valence-corrected chi connectivity index (χ3v) is 2.20. The SMILES string of the molecule is COc1cccc(C2CCNO2)c1. The second kappa shape index (κ2) is 3.77. The zero-order valence-electron chi connectivity index (χ0n) is 7.62. The molecule has 0 saturated carbocycles. The summed E-state index contributed by atoms with van der Waals surface area (Å²) in [6, 6.07) is 7.99. The van der Waals surface area contributed by atoms with Gasteiger partial charge in [0.25, 0.3) is 0 Å². The lowest BCUT2D eigenvalue weighted by Gasteiger charge is -2.09. The fourth-order valence-electron chi connectivity index (χ4n) is 1.48. The summed E-state index contributed by atoms with van der Waals surface area (Å²) in [6.07, 6.45) is 1.20. The molecule has 0 radical (unpaired) electrons. The lowest BCUT2D eigenvalue weighted by molar-refractivity contribution is 0.0335. The van der Waals surface area contributed by atoms with Crippen LogP contribution in [0.3, 0.4) is 0 Å². The summed E-state index contributed by atoms with van der Waals surface area (Å²) in [4.78, 5) is 5.33. The van der Waals surface area contributed by atoms with Gasteiger partial charge in [0, 0.05) is 6.54 Å². The van der Waals surface area contributed by atoms with E-state index >= 15 is 0 Å². The summed E-state index contributed by atoms with van der Waals surface area (Å²) in [7, 11) is 1.67. The van der Waals surface area contributed by atoms with Gasteiger partial charge in [0.05, 0.1) is 7.11 Å². The minimum atomic E-state index is 0.176. The molecular formula is C10H13NO2. The van der Waals surface area contributed by atoms with Crippen LogP contribution in [0.15, 0.2) is 24.3 Å². The molecule has 0 amide bonds. The molecular weight excluding hydrogens is 166 g/mol. The Morgan fingerprint density at radius 2 is 2.46 bits per heavy atom. The smallest absolute Gasteiger partial charge is 0.119 e. The van der Waals surface area contributed by atoms with Gasteiger partial charge < -0.3 is 4.74 Å². The van der Waals surface area contributed by atoms with Gasteiger partial charge in [0.15, 0.2) is 0 Å². The number of methoxy groups -OCH3 is 1. The first-order valence-electron chi connectivity index (χ1n) is 4.42. The summed E-state index contributed by atoms with van der Waals surface area (Å²) in [5, 5.41) is 0. The minimum absolute atomic E-state index is 0.176. The summed E-state index contributed by atoms with van der Waals surface area (Å²) in [5.74, 6) is 0.882. The largest absolute Gasteiger partial charge is 0.497 e. The Morgan fingerprint density at radius 1 is 1.54 bits per heavy atom. The predicted molar refractivity (Wildman–Crippen MR) is 49.4 cm³/mol. The summed E-state index contributed by atoms with van der Waals surface area (Å²) >= 11 is 0. The zero-order chi connectivity index (χ0) is 9.10. The average molecular weight is 179 g/mol. The Kier molecular flexibility index (Phi) is 2.47. The third-order valence-electron chi connectivity index (χ3n) is 2.20. The summed E-state index contributed by atoms with van der Waals surface area (Å²) in [6.45, 7) is 0.919. The molecule has 1 unspecified atom stereocenters. The van der Waals surface area contributed by atoms with E-state index in [1.807, 2.05) is 18.2 Å². The van der Waals surface area contributed by atoms with Crippen LogP contribution in [0.25, 0.3) is 0 Å². The van der Waals surface area contributed by atoms with Crippen LogP contribution < -0.4 is 10.2 Å². The van der Waals surface area contributed by atoms with E-state index < -0.39 is 0 Å². The lowest BCUT2D eigenvalue weighted by atomic mass is 10.1. The van der Waals surface area contributed by atoms with Crippen molar-refractivity contribution >= 4 is 0 Å². The van der Waals surface area contributed by atoms with Crippen LogP contribution in [0.4, 0.5) is 0 Å². The van der Waals surface area contributed by atoms with Gasteiger partial charge in [-0.3, -0.25) is 4.84 Å². The van der Waals surface area contributed by atoms with Crippen molar-refractivity contribution in [1.29, 1.82) is 0 Å². The van der Waals surface area contributed by atoms with Crippen LogP contribution in [-0.2, 0) is 4.84 Å². The first-order chi connectivity index (χ1) is 6.40. The Hall–Kier alpha value is -1.06. The average Bonchev–Trinajstić information content (AvgIpc) is 2.71. The van der Waals surface area contributed by atoms with Crippen LogP contribution in [0.5, 0.6) is 5.75 Å². The van der Waals surface area contributed by atoms with Crippen LogP contribution >= 0.6 is 0 Å². The second-order valence-electron chi connectivity index (χ2n) is 3.07. The second-order valence-corrected chi connectivity index (χ2v) is 3.07. The molecule has 1 aromatic carbocycles. The highest BCUT2D eigenvalue weighted by Crippen LogP contribution is 2.26. The minimum Gasteiger partial charge on any atom is -0.497 e. The molecule has 1 aromatic rings.